The second-order valence-corrected chi connectivity index (χ2v) is 5.36. The smallest absolute Gasteiger partial charge is 0.335 e. The summed E-state index contributed by atoms with van der Waals surface area (Å²) in [7, 11) is 0. The summed E-state index contributed by atoms with van der Waals surface area (Å²) in [5.74, 6) is -0.103. The van der Waals surface area contributed by atoms with Crippen molar-refractivity contribution in [2.75, 3.05) is 0 Å². The summed E-state index contributed by atoms with van der Waals surface area (Å²) >= 11 is 3.47. The second-order valence-electron chi connectivity index (χ2n) is 4.50. The lowest BCUT2D eigenvalue weighted by Crippen LogP contribution is -1.98. The van der Waals surface area contributed by atoms with Crippen molar-refractivity contribution in [3.63, 3.8) is 0 Å². The number of carbonyl (C=O) groups is 1. The van der Waals surface area contributed by atoms with Crippen LogP contribution < -0.4 is 0 Å². The van der Waals surface area contributed by atoms with Gasteiger partial charge in [-0.1, -0.05) is 18.2 Å². The number of nitrogens with one attached hydrogen (secondary N) is 1. The molecule has 1 aromatic heterocycles. The van der Waals surface area contributed by atoms with Gasteiger partial charge in [0, 0.05) is 10.9 Å². The number of halogens is 1. The number of carboxylic acid groups (broad SMARTS) is 1. The molecule has 20 heavy (non-hydrogen) atoms. The molecule has 0 atom stereocenters. The standard InChI is InChI=1S/C15H11BrN2O2/c16-11-5-2-6-12-14(11)18-13(17-12)8-9-3-1-4-10(7-9)15(19)20/h1-7H,8H2,(H,17,18)(H,19,20). The van der Waals surface area contributed by atoms with Crippen LogP contribution in [-0.2, 0) is 6.42 Å². The van der Waals surface area contributed by atoms with Crippen LogP contribution in [0.3, 0.4) is 0 Å². The fourth-order valence-electron chi connectivity index (χ4n) is 2.14. The van der Waals surface area contributed by atoms with Crippen molar-refractivity contribution in [1.29, 1.82) is 0 Å². The molecule has 4 nitrogen and oxygen atoms in total. The molecular formula is C15H11BrN2O2. The minimum absolute atomic E-state index is 0.291. The molecule has 3 aromatic rings. The van der Waals surface area contributed by atoms with Crippen molar-refractivity contribution >= 4 is 32.9 Å². The maximum Gasteiger partial charge on any atom is 0.335 e. The Hall–Kier alpha value is -2.14. The van der Waals surface area contributed by atoms with Gasteiger partial charge in [-0.25, -0.2) is 9.78 Å². The third-order valence-electron chi connectivity index (χ3n) is 3.06. The molecule has 2 N–H and O–H groups in total. The van der Waals surface area contributed by atoms with E-state index in [0.717, 1.165) is 26.9 Å². The van der Waals surface area contributed by atoms with E-state index >= 15 is 0 Å². The highest BCUT2D eigenvalue weighted by Crippen LogP contribution is 2.22. The molecule has 0 saturated carbocycles. The zero-order valence-corrected chi connectivity index (χ0v) is 12.0. The highest BCUT2D eigenvalue weighted by molar-refractivity contribution is 9.10. The molecule has 5 heteroatoms. The van der Waals surface area contributed by atoms with Crippen molar-refractivity contribution in [3.8, 4) is 0 Å². The maximum absolute atomic E-state index is 11.0. The summed E-state index contributed by atoms with van der Waals surface area (Å²) in [5, 5.41) is 9.00. The van der Waals surface area contributed by atoms with E-state index in [0.29, 0.717) is 12.0 Å². The zero-order valence-electron chi connectivity index (χ0n) is 10.4. The van der Waals surface area contributed by atoms with Gasteiger partial charge in [0.1, 0.15) is 11.3 Å². The predicted octanol–water partition coefficient (Wildman–Crippen LogP) is 3.61. The van der Waals surface area contributed by atoms with Crippen LogP contribution in [0.2, 0.25) is 0 Å². The van der Waals surface area contributed by atoms with Gasteiger partial charge in [0.25, 0.3) is 0 Å². The van der Waals surface area contributed by atoms with Crippen LogP contribution in [0.15, 0.2) is 46.9 Å². The SMILES string of the molecule is O=C(O)c1cccc(Cc2nc3c(Br)cccc3[nH]2)c1. The molecule has 0 aliphatic carbocycles. The summed E-state index contributed by atoms with van der Waals surface area (Å²) in [6.07, 6.45) is 0.572. The van der Waals surface area contributed by atoms with Gasteiger partial charge in [-0.3, -0.25) is 0 Å². The van der Waals surface area contributed by atoms with Crippen molar-refractivity contribution in [1.82, 2.24) is 9.97 Å². The largest absolute Gasteiger partial charge is 0.478 e. The summed E-state index contributed by atoms with van der Waals surface area (Å²) in [6.45, 7) is 0. The Labute approximate surface area is 123 Å². The molecule has 0 bridgehead atoms. The lowest BCUT2D eigenvalue weighted by molar-refractivity contribution is 0.0697. The van der Waals surface area contributed by atoms with Gasteiger partial charge in [-0.15, -0.1) is 0 Å². The molecule has 0 saturated heterocycles. The first-order valence-electron chi connectivity index (χ1n) is 6.09. The molecule has 0 amide bonds. The van der Waals surface area contributed by atoms with Crippen molar-refractivity contribution < 1.29 is 9.90 Å². The molecule has 3 rings (SSSR count). The molecular weight excluding hydrogens is 320 g/mol. The average Bonchev–Trinajstić information content (AvgIpc) is 2.83. The number of benzene rings is 2. The van der Waals surface area contributed by atoms with Crippen molar-refractivity contribution in [2.45, 2.75) is 6.42 Å². The van der Waals surface area contributed by atoms with Crippen LogP contribution in [0.5, 0.6) is 0 Å². The van der Waals surface area contributed by atoms with Gasteiger partial charge in [0.05, 0.1) is 11.1 Å². The third kappa shape index (κ3) is 2.44. The number of fused-ring (bicyclic) bond motifs is 1. The first-order valence-corrected chi connectivity index (χ1v) is 6.88. The molecule has 0 aliphatic rings. The maximum atomic E-state index is 11.0. The Balaban J connectivity index is 1.95. The Bertz CT molecular complexity index is 795. The first kappa shape index (κ1) is 12.9. The zero-order chi connectivity index (χ0) is 14.1. The fourth-order valence-corrected chi connectivity index (χ4v) is 2.59. The Morgan fingerprint density at radius 1 is 1.25 bits per heavy atom. The van der Waals surface area contributed by atoms with Crippen LogP contribution in [-0.4, -0.2) is 21.0 Å². The Kier molecular flexibility index (Phi) is 3.28. The number of aromatic carboxylic acids is 1. The van der Waals surface area contributed by atoms with Crippen molar-refractivity contribution in [2.24, 2.45) is 0 Å². The number of aromatic amines is 1. The summed E-state index contributed by atoms with van der Waals surface area (Å²) in [6, 6.07) is 12.7. The van der Waals surface area contributed by atoms with Crippen LogP contribution in [0.25, 0.3) is 11.0 Å². The Morgan fingerprint density at radius 3 is 2.80 bits per heavy atom. The quantitative estimate of drug-likeness (QED) is 0.770. The molecule has 0 fully saturated rings. The topological polar surface area (TPSA) is 66.0 Å². The predicted molar refractivity (Wildman–Crippen MR) is 80.0 cm³/mol. The molecule has 0 aliphatic heterocycles. The number of aromatic nitrogens is 2. The van der Waals surface area contributed by atoms with E-state index in [4.69, 9.17) is 5.11 Å². The number of rotatable bonds is 3. The monoisotopic (exact) mass is 330 g/mol. The second kappa shape index (κ2) is 5.09. The highest BCUT2D eigenvalue weighted by atomic mass is 79.9. The van der Waals surface area contributed by atoms with Crippen LogP contribution >= 0.6 is 15.9 Å². The van der Waals surface area contributed by atoms with Gasteiger partial charge in [0.2, 0.25) is 0 Å². The number of para-hydroxylation sites is 1. The van der Waals surface area contributed by atoms with E-state index in [2.05, 4.69) is 25.9 Å². The molecule has 0 unspecified atom stereocenters. The average molecular weight is 331 g/mol. The number of hydrogen-bond acceptors (Lipinski definition) is 2. The van der Waals surface area contributed by atoms with Crippen LogP contribution in [0.1, 0.15) is 21.7 Å². The van der Waals surface area contributed by atoms with E-state index in [-0.39, 0.29) is 0 Å². The summed E-state index contributed by atoms with van der Waals surface area (Å²) in [5.41, 5.74) is 3.06. The van der Waals surface area contributed by atoms with Crippen LogP contribution in [0, 0.1) is 0 Å². The lowest BCUT2D eigenvalue weighted by atomic mass is 10.1. The summed E-state index contributed by atoms with van der Waals surface area (Å²) < 4.78 is 0.941. The molecule has 0 spiro atoms. The van der Waals surface area contributed by atoms with E-state index in [1.54, 1.807) is 18.2 Å². The number of H-pyrrole nitrogens is 1. The van der Waals surface area contributed by atoms with E-state index in [9.17, 15) is 4.79 Å². The van der Waals surface area contributed by atoms with E-state index in [1.807, 2.05) is 24.3 Å². The number of imidazole rings is 1. The number of carboxylic acids is 1. The Morgan fingerprint density at radius 2 is 2.05 bits per heavy atom. The minimum atomic E-state index is -0.917. The number of hydrogen-bond donors (Lipinski definition) is 2. The van der Waals surface area contributed by atoms with Gasteiger partial charge >= 0.3 is 5.97 Å². The van der Waals surface area contributed by atoms with Crippen LogP contribution in [0.4, 0.5) is 0 Å². The van der Waals surface area contributed by atoms with Gasteiger partial charge in [-0.05, 0) is 45.8 Å². The molecule has 2 aromatic carbocycles. The van der Waals surface area contributed by atoms with Gasteiger partial charge in [-0.2, -0.15) is 0 Å². The van der Waals surface area contributed by atoms with E-state index in [1.165, 1.54) is 0 Å². The molecule has 1 heterocycles. The molecule has 0 radical (unpaired) electrons. The number of nitrogens with zero attached hydrogens (tertiary/aromatic N) is 1. The summed E-state index contributed by atoms with van der Waals surface area (Å²) in [4.78, 5) is 18.7. The molecule has 100 valence electrons. The van der Waals surface area contributed by atoms with Gasteiger partial charge in [0.15, 0.2) is 0 Å². The van der Waals surface area contributed by atoms with Gasteiger partial charge < -0.3 is 10.1 Å². The highest BCUT2D eigenvalue weighted by Gasteiger charge is 2.08. The van der Waals surface area contributed by atoms with E-state index < -0.39 is 5.97 Å². The van der Waals surface area contributed by atoms with Crippen molar-refractivity contribution in [3.05, 3.63) is 63.9 Å². The minimum Gasteiger partial charge on any atom is -0.478 e. The normalized spacial score (nSPS) is 10.8. The fraction of sp³-hybridized carbons (Fsp3) is 0.0667. The third-order valence-corrected chi connectivity index (χ3v) is 3.70. The first-order chi connectivity index (χ1) is 9.63. The lowest BCUT2D eigenvalue weighted by Gasteiger charge is -2.00.